The van der Waals surface area contributed by atoms with Gasteiger partial charge in [0, 0.05) is 0 Å². The van der Waals surface area contributed by atoms with E-state index in [0.29, 0.717) is 12.9 Å². The Hall–Kier alpha value is -0.120. The van der Waals surface area contributed by atoms with E-state index < -0.39 is 0 Å². The lowest BCUT2D eigenvalue weighted by Crippen LogP contribution is -2.56. The zero-order chi connectivity index (χ0) is 6.27. The molecule has 2 saturated heterocycles. The highest BCUT2D eigenvalue weighted by atomic mass is 16.7. The van der Waals surface area contributed by atoms with Crippen LogP contribution < -0.4 is 0 Å². The van der Waals surface area contributed by atoms with Crippen LogP contribution in [0.4, 0.5) is 0 Å². The Bertz CT molecular complexity index is 109. The van der Waals surface area contributed by atoms with E-state index >= 15 is 0 Å². The van der Waals surface area contributed by atoms with Crippen molar-refractivity contribution in [1.82, 2.24) is 0 Å². The molecule has 0 bridgehead atoms. The first kappa shape index (κ1) is 5.65. The van der Waals surface area contributed by atoms with Gasteiger partial charge in [0.05, 0.1) is 12.7 Å². The maximum absolute atomic E-state index is 5.20. The van der Waals surface area contributed by atoms with Gasteiger partial charge in [-0.25, -0.2) is 0 Å². The molecule has 0 aromatic heterocycles. The molecule has 0 radical (unpaired) electrons. The Morgan fingerprint density at radius 1 is 1.22 bits per heavy atom. The van der Waals surface area contributed by atoms with Gasteiger partial charge in [0.15, 0.2) is 0 Å². The average Bonchev–Trinajstić information content (AvgIpc) is 1.74. The molecule has 3 atom stereocenters. The van der Waals surface area contributed by atoms with E-state index in [4.69, 9.17) is 14.2 Å². The van der Waals surface area contributed by atoms with Crippen LogP contribution in [0.1, 0.15) is 6.92 Å². The summed E-state index contributed by atoms with van der Waals surface area (Å²) in [6, 6.07) is 0. The fourth-order valence-corrected chi connectivity index (χ4v) is 1.20. The van der Waals surface area contributed by atoms with Gasteiger partial charge in [-0.3, -0.25) is 0 Å². The molecular formula is C6H10O3. The second kappa shape index (κ2) is 1.94. The second-order valence-electron chi connectivity index (χ2n) is 2.49. The number of ether oxygens (including phenoxy) is 3. The van der Waals surface area contributed by atoms with Crippen LogP contribution in [0.25, 0.3) is 0 Å². The van der Waals surface area contributed by atoms with Crippen molar-refractivity contribution in [3.05, 3.63) is 0 Å². The molecule has 0 N–H and O–H groups in total. The Labute approximate surface area is 53.9 Å². The van der Waals surface area contributed by atoms with E-state index in [1.54, 1.807) is 0 Å². The van der Waals surface area contributed by atoms with Crippen molar-refractivity contribution in [2.75, 3.05) is 13.4 Å². The van der Waals surface area contributed by atoms with Gasteiger partial charge >= 0.3 is 0 Å². The van der Waals surface area contributed by atoms with Gasteiger partial charge in [0.1, 0.15) is 19.0 Å². The van der Waals surface area contributed by atoms with Gasteiger partial charge in [-0.1, -0.05) is 0 Å². The molecule has 2 fully saturated rings. The Morgan fingerprint density at radius 3 is 2.56 bits per heavy atom. The molecule has 0 spiro atoms. The minimum Gasteiger partial charge on any atom is -0.370 e. The first-order valence-corrected chi connectivity index (χ1v) is 3.23. The minimum atomic E-state index is 0.207. The Kier molecular flexibility index (Phi) is 1.22. The molecule has 0 unspecified atom stereocenters. The summed E-state index contributed by atoms with van der Waals surface area (Å²) in [4.78, 5) is 0. The van der Waals surface area contributed by atoms with Crippen molar-refractivity contribution in [2.24, 2.45) is 0 Å². The van der Waals surface area contributed by atoms with E-state index in [-0.39, 0.29) is 12.2 Å². The van der Waals surface area contributed by atoms with Gasteiger partial charge in [0.25, 0.3) is 0 Å². The smallest absolute Gasteiger partial charge is 0.147 e. The van der Waals surface area contributed by atoms with Crippen molar-refractivity contribution in [1.29, 1.82) is 0 Å². The summed E-state index contributed by atoms with van der Waals surface area (Å²) >= 11 is 0. The van der Waals surface area contributed by atoms with Crippen LogP contribution >= 0.6 is 0 Å². The third kappa shape index (κ3) is 0.764. The lowest BCUT2D eigenvalue weighted by Gasteiger charge is -2.43. The summed E-state index contributed by atoms with van der Waals surface area (Å²) in [7, 11) is 0. The van der Waals surface area contributed by atoms with E-state index in [0.717, 1.165) is 6.61 Å². The molecule has 0 aromatic carbocycles. The van der Waals surface area contributed by atoms with Gasteiger partial charge in [-0.15, -0.1) is 0 Å². The summed E-state index contributed by atoms with van der Waals surface area (Å²) < 4.78 is 15.6. The fourth-order valence-electron chi connectivity index (χ4n) is 1.20. The van der Waals surface area contributed by atoms with Gasteiger partial charge in [0.2, 0.25) is 0 Å². The summed E-state index contributed by atoms with van der Waals surface area (Å²) in [5.41, 5.74) is 0. The second-order valence-corrected chi connectivity index (χ2v) is 2.49. The topological polar surface area (TPSA) is 27.7 Å². The number of hydrogen-bond donors (Lipinski definition) is 0. The average molecular weight is 130 g/mol. The lowest BCUT2D eigenvalue weighted by atomic mass is 10.0. The maximum atomic E-state index is 5.20. The number of fused-ring (bicyclic) bond motifs is 1. The summed E-state index contributed by atoms with van der Waals surface area (Å²) in [5.74, 6) is 0. The van der Waals surface area contributed by atoms with Crippen LogP contribution in [0.15, 0.2) is 0 Å². The molecule has 2 aliphatic heterocycles. The summed E-state index contributed by atoms with van der Waals surface area (Å²) in [5, 5.41) is 0. The van der Waals surface area contributed by atoms with Crippen LogP contribution in [-0.2, 0) is 14.2 Å². The summed E-state index contributed by atoms with van der Waals surface area (Å²) in [6.45, 7) is 3.20. The van der Waals surface area contributed by atoms with E-state index in [2.05, 4.69) is 0 Å². The minimum absolute atomic E-state index is 0.207. The monoisotopic (exact) mass is 130 g/mol. The zero-order valence-electron chi connectivity index (χ0n) is 5.37. The molecule has 3 heteroatoms. The van der Waals surface area contributed by atoms with Crippen LogP contribution in [-0.4, -0.2) is 31.7 Å². The molecule has 3 nitrogen and oxygen atoms in total. The fraction of sp³-hybridized carbons (Fsp3) is 1.00. The Balaban J connectivity index is 1.98. The quantitative estimate of drug-likeness (QED) is 0.467. The van der Waals surface area contributed by atoms with Crippen molar-refractivity contribution in [2.45, 2.75) is 25.2 Å². The predicted octanol–water partition coefficient (Wildman–Crippen LogP) is 0.147. The summed E-state index contributed by atoms with van der Waals surface area (Å²) in [6.07, 6.45) is 0.741. The van der Waals surface area contributed by atoms with Gasteiger partial charge in [-0.2, -0.15) is 0 Å². The van der Waals surface area contributed by atoms with Crippen molar-refractivity contribution >= 4 is 0 Å². The first-order valence-electron chi connectivity index (χ1n) is 3.23. The third-order valence-corrected chi connectivity index (χ3v) is 1.90. The lowest BCUT2D eigenvalue weighted by molar-refractivity contribution is -0.305. The first-order chi connectivity index (χ1) is 4.38. The normalized spacial score (nSPS) is 49.7. The van der Waals surface area contributed by atoms with Crippen LogP contribution in [0.5, 0.6) is 0 Å². The van der Waals surface area contributed by atoms with Crippen molar-refractivity contribution in [3.63, 3.8) is 0 Å². The highest BCUT2D eigenvalue weighted by Gasteiger charge is 2.40. The van der Waals surface area contributed by atoms with Crippen LogP contribution in [0, 0.1) is 0 Å². The molecule has 2 heterocycles. The standard InChI is InChI=1S/C6H10O3/c1-4-6-5(2-7-6)9-3-8-4/h4-6H,2-3H2,1H3/t4-,5+,6+/m0/s1. The van der Waals surface area contributed by atoms with Crippen molar-refractivity contribution in [3.8, 4) is 0 Å². The molecule has 9 heavy (non-hydrogen) atoms. The van der Waals surface area contributed by atoms with Crippen LogP contribution in [0.3, 0.4) is 0 Å². The Morgan fingerprint density at radius 2 is 2.11 bits per heavy atom. The SMILES string of the molecule is C[C@@H]1OCO[C@@H]2CO[C@H]12. The van der Waals surface area contributed by atoms with E-state index in [1.807, 2.05) is 6.92 Å². The molecule has 2 aliphatic rings. The van der Waals surface area contributed by atoms with E-state index in [1.165, 1.54) is 0 Å². The largest absolute Gasteiger partial charge is 0.370 e. The van der Waals surface area contributed by atoms with Gasteiger partial charge < -0.3 is 14.2 Å². The van der Waals surface area contributed by atoms with Gasteiger partial charge in [-0.05, 0) is 6.92 Å². The number of hydrogen-bond acceptors (Lipinski definition) is 3. The van der Waals surface area contributed by atoms with Crippen LogP contribution in [0.2, 0.25) is 0 Å². The molecule has 0 amide bonds. The highest BCUT2D eigenvalue weighted by Crippen LogP contribution is 2.25. The molecule has 0 saturated carbocycles. The molecule has 2 rings (SSSR count). The number of rotatable bonds is 0. The predicted molar refractivity (Wildman–Crippen MR) is 30.0 cm³/mol. The molecule has 0 aromatic rings. The third-order valence-electron chi connectivity index (χ3n) is 1.90. The zero-order valence-corrected chi connectivity index (χ0v) is 5.37. The van der Waals surface area contributed by atoms with Crippen molar-refractivity contribution < 1.29 is 14.2 Å². The molecule has 0 aliphatic carbocycles. The van der Waals surface area contributed by atoms with E-state index in [9.17, 15) is 0 Å². The maximum Gasteiger partial charge on any atom is 0.147 e. The molecule has 52 valence electrons. The highest BCUT2D eigenvalue weighted by molar-refractivity contribution is 4.86. The molecular weight excluding hydrogens is 120 g/mol.